The summed E-state index contributed by atoms with van der Waals surface area (Å²) in [7, 11) is 0. The third-order valence-electron chi connectivity index (χ3n) is 4.95. The van der Waals surface area contributed by atoms with E-state index in [1.54, 1.807) is 0 Å². The molecule has 2 bridgehead atoms. The highest BCUT2D eigenvalue weighted by Gasteiger charge is 2.54. The molecule has 3 aliphatic rings. The van der Waals surface area contributed by atoms with Gasteiger partial charge < -0.3 is 10.2 Å². The number of rotatable bonds is 0. The molecule has 0 heterocycles. The van der Waals surface area contributed by atoms with Gasteiger partial charge in [-0.05, 0) is 29.4 Å². The summed E-state index contributed by atoms with van der Waals surface area (Å²) in [6, 6.07) is 7.79. The van der Waals surface area contributed by atoms with E-state index in [9.17, 15) is 10.2 Å². The third-order valence-corrected chi connectivity index (χ3v) is 4.95. The number of fused-ring (bicyclic) bond motifs is 6. The lowest BCUT2D eigenvalue weighted by Crippen LogP contribution is -2.35. The molecule has 88 valence electrons. The van der Waals surface area contributed by atoms with Gasteiger partial charge in [0.1, 0.15) is 0 Å². The SMILES string of the molecule is OC1c2ccccc2C(O)C2C3C=CC(C3)C12. The van der Waals surface area contributed by atoms with Crippen LogP contribution in [0.15, 0.2) is 36.4 Å². The number of benzene rings is 1. The third kappa shape index (κ3) is 1.12. The molecule has 0 aliphatic heterocycles. The van der Waals surface area contributed by atoms with Crippen LogP contribution in [-0.2, 0) is 0 Å². The summed E-state index contributed by atoms with van der Waals surface area (Å²) in [4.78, 5) is 0. The van der Waals surface area contributed by atoms with E-state index >= 15 is 0 Å². The minimum atomic E-state index is -0.403. The van der Waals surface area contributed by atoms with Crippen molar-refractivity contribution in [3.05, 3.63) is 47.5 Å². The van der Waals surface area contributed by atoms with Gasteiger partial charge in [0, 0.05) is 11.8 Å². The van der Waals surface area contributed by atoms with Gasteiger partial charge in [-0.2, -0.15) is 0 Å². The summed E-state index contributed by atoms with van der Waals surface area (Å²) in [5.74, 6) is 1.36. The fourth-order valence-corrected chi connectivity index (χ4v) is 4.25. The normalized spacial score (nSPS) is 45.8. The highest BCUT2D eigenvalue weighted by atomic mass is 16.3. The molecule has 1 aromatic carbocycles. The lowest BCUT2D eigenvalue weighted by atomic mass is 9.68. The first kappa shape index (κ1) is 9.86. The molecule has 2 heteroatoms. The molecule has 4 rings (SSSR count). The second-order valence-corrected chi connectivity index (χ2v) is 5.62. The van der Waals surface area contributed by atoms with E-state index < -0.39 is 12.2 Å². The molecule has 6 unspecified atom stereocenters. The zero-order valence-corrected chi connectivity index (χ0v) is 9.53. The Hall–Kier alpha value is -1.12. The molecule has 1 fully saturated rings. The Labute approximate surface area is 101 Å². The highest BCUT2D eigenvalue weighted by molar-refractivity contribution is 5.37. The lowest BCUT2D eigenvalue weighted by molar-refractivity contribution is -0.0209. The molecule has 0 saturated heterocycles. The summed E-state index contributed by atoms with van der Waals surface area (Å²) in [5, 5.41) is 21.1. The van der Waals surface area contributed by atoms with E-state index in [1.165, 1.54) is 0 Å². The molecule has 2 N–H and O–H groups in total. The average Bonchev–Trinajstić information content (AvgIpc) is 2.96. The Morgan fingerprint density at radius 3 is 1.76 bits per heavy atom. The summed E-state index contributed by atoms with van der Waals surface area (Å²) >= 11 is 0. The summed E-state index contributed by atoms with van der Waals surface area (Å²) in [5.41, 5.74) is 1.87. The van der Waals surface area contributed by atoms with Crippen LogP contribution < -0.4 is 0 Å². The summed E-state index contributed by atoms with van der Waals surface area (Å²) in [6.07, 6.45) is 4.77. The number of hydrogen-bond donors (Lipinski definition) is 2. The number of aliphatic hydroxyl groups excluding tert-OH is 2. The van der Waals surface area contributed by atoms with Crippen LogP contribution in [0.4, 0.5) is 0 Å². The van der Waals surface area contributed by atoms with Crippen molar-refractivity contribution in [2.75, 3.05) is 0 Å². The molecule has 0 radical (unpaired) electrons. The van der Waals surface area contributed by atoms with Crippen molar-refractivity contribution >= 4 is 0 Å². The van der Waals surface area contributed by atoms with Crippen LogP contribution in [0.2, 0.25) is 0 Å². The van der Waals surface area contributed by atoms with Gasteiger partial charge in [0.2, 0.25) is 0 Å². The van der Waals surface area contributed by atoms with Crippen LogP contribution in [0.1, 0.15) is 29.8 Å². The second kappa shape index (κ2) is 3.21. The van der Waals surface area contributed by atoms with E-state index in [2.05, 4.69) is 12.2 Å². The monoisotopic (exact) mass is 228 g/mol. The largest absolute Gasteiger partial charge is 0.388 e. The van der Waals surface area contributed by atoms with Crippen molar-refractivity contribution in [1.29, 1.82) is 0 Å². The maximum atomic E-state index is 10.5. The first-order chi connectivity index (χ1) is 8.27. The van der Waals surface area contributed by atoms with E-state index in [-0.39, 0.29) is 11.8 Å². The van der Waals surface area contributed by atoms with Gasteiger partial charge in [-0.3, -0.25) is 0 Å². The zero-order valence-electron chi connectivity index (χ0n) is 9.53. The number of allylic oxidation sites excluding steroid dienone is 2. The minimum Gasteiger partial charge on any atom is -0.388 e. The summed E-state index contributed by atoms with van der Waals surface area (Å²) in [6.45, 7) is 0. The van der Waals surface area contributed by atoms with Gasteiger partial charge in [0.25, 0.3) is 0 Å². The Morgan fingerprint density at radius 1 is 0.824 bits per heavy atom. The Bertz CT molecular complexity index is 450. The van der Waals surface area contributed by atoms with Crippen LogP contribution in [0, 0.1) is 23.7 Å². The number of hydrogen-bond acceptors (Lipinski definition) is 2. The predicted octanol–water partition coefficient (Wildman–Crippen LogP) is 2.21. The molecule has 6 atom stereocenters. The number of aliphatic hydroxyl groups is 2. The van der Waals surface area contributed by atoms with Crippen molar-refractivity contribution in [1.82, 2.24) is 0 Å². The Kier molecular flexibility index (Phi) is 1.86. The van der Waals surface area contributed by atoms with E-state index in [4.69, 9.17) is 0 Å². The molecule has 0 spiro atoms. The molecule has 1 saturated carbocycles. The van der Waals surface area contributed by atoms with Crippen molar-refractivity contribution < 1.29 is 10.2 Å². The maximum absolute atomic E-state index is 10.5. The zero-order chi connectivity index (χ0) is 11.6. The van der Waals surface area contributed by atoms with Gasteiger partial charge in [-0.25, -0.2) is 0 Å². The molecule has 0 amide bonds. The molecular formula is C15H16O2. The maximum Gasteiger partial charge on any atom is 0.0831 e. The van der Waals surface area contributed by atoms with Crippen LogP contribution in [0.25, 0.3) is 0 Å². The predicted molar refractivity (Wildman–Crippen MR) is 64.1 cm³/mol. The van der Waals surface area contributed by atoms with E-state index in [0.717, 1.165) is 17.5 Å². The topological polar surface area (TPSA) is 40.5 Å². The smallest absolute Gasteiger partial charge is 0.0831 e. The fraction of sp³-hybridized carbons (Fsp3) is 0.467. The van der Waals surface area contributed by atoms with Gasteiger partial charge in [-0.1, -0.05) is 36.4 Å². The van der Waals surface area contributed by atoms with E-state index in [0.29, 0.717) is 11.8 Å². The molecule has 1 aromatic rings. The van der Waals surface area contributed by atoms with Gasteiger partial charge in [-0.15, -0.1) is 0 Å². The average molecular weight is 228 g/mol. The van der Waals surface area contributed by atoms with Crippen LogP contribution in [0.5, 0.6) is 0 Å². The van der Waals surface area contributed by atoms with Gasteiger partial charge >= 0.3 is 0 Å². The Balaban J connectivity index is 1.88. The molecule has 17 heavy (non-hydrogen) atoms. The van der Waals surface area contributed by atoms with Crippen LogP contribution in [-0.4, -0.2) is 10.2 Å². The first-order valence-corrected chi connectivity index (χ1v) is 6.40. The lowest BCUT2D eigenvalue weighted by Gasteiger charge is -2.41. The van der Waals surface area contributed by atoms with Crippen LogP contribution >= 0.6 is 0 Å². The molecular weight excluding hydrogens is 212 g/mol. The fourth-order valence-electron chi connectivity index (χ4n) is 4.25. The molecule has 3 aliphatic carbocycles. The minimum absolute atomic E-state index is 0.217. The van der Waals surface area contributed by atoms with Crippen molar-refractivity contribution in [2.24, 2.45) is 23.7 Å². The Morgan fingerprint density at radius 2 is 1.29 bits per heavy atom. The van der Waals surface area contributed by atoms with Crippen molar-refractivity contribution in [3.8, 4) is 0 Å². The standard InChI is InChI=1S/C15H16O2/c16-14-10-3-1-2-4-11(10)15(17)13-9-6-5-8(7-9)12(13)14/h1-6,8-9,12-17H,7H2. The van der Waals surface area contributed by atoms with Gasteiger partial charge in [0.05, 0.1) is 12.2 Å². The molecule has 2 nitrogen and oxygen atoms in total. The van der Waals surface area contributed by atoms with Crippen molar-refractivity contribution in [2.45, 2.75) is 18.6 Å². The van der Waals surface area contributed by atoms with Crippen molar-refractivity contribution in [3.63, 3.8) is 0 Å². The van der Waals surface area contributed by atoms with Gasteiger partial charge in [0.15, 0.2) is 0 Å². The van der Waals surface area contributed by atoms with E-state index in [1.807, 2.05) is 24.3 Å². The highest BCUT2D eigenvalue weighted by Crippen LogP contribution is 2.59. The summed E-state index contributed by atoms with van der Waals surface area (Å²) < 4.78 is 0. The first-order valence-electron chi connectivity index (χ1n) is 6.40. The van der Waals surface area contributed by atoms with Crippen LogP contribution in [0.3, 0.4) is 0 Å². The second-order valence-electron chi connectivity index (χ2n) is 5.62. The molecule has 0 aromatic heterocycles. The quantitative estimate of drug-likeness (QED) is 0.668.